The minimum absolute atomic E-state index is 0.00474. The number of ketones is 1. The van der Waals surface area contributed by atoms with Crippen molar-refractivity contribution in [3.8, 4) is 0 Å². The molecule has 0 heterocycles. The molecule has 1 N–H and O–H groups in total. The van der Waals surface area contributed by atoms with Gasteiger partial charge in [0, 0.05) is 19.4 Å². The molecule has 0 fully saturated rings. The van der Waals surface area contributed by atoms with Crippen molar-refractivity contribution in [2.24, 2.45) is 5.92 Å². The molecule has 0 saturated heterocycles. The highest BCUT2D eigenvalue weighted by molar-refractivity contribution is 5.81. The fourth-order valence-corrected chi connectivity index (χ4v) is 2.92. The quantitative estimate of drug-likeness (QED) is 0.570. The fraction of sp³-hybridized carbons (Fsp3) is 0.375. The Morgan fingerprint density at radius 3 is 2.03 bits per heavy atom. The number of hydrogen-bond acceptors (Lipinski definition) is 5. The van der Waals surface area contributed by atoms with E-state index in [4.69, 9.17) is 9.47 Å². The number of nitrogens with one attached hydrogen (secondary N) is 1. The summed E-state index contributed by atoms with van der Waals surface area (Å²) in [5, 5.41) is 2.65. The monoisotopic (exact) mass is 411 g/mol. The summed E-state index contributed by atoms with van der Waals surface area (Å²) >= 11 is 0. The molecule has 0 aliphatic heterocycles. The number of esters is 1. The maximum Gasteiger partial charge on any atom is 0.407 e. The van der Waals surface area contributed by atoms with E-state index in [1.54, 1.807) is 6.92 Å². The van der Waals surface area contributed by atoms with Gasteiger partial charge >= 0.3 is 12.1 Å². The number of carbonyl (C=O) groups is 3. The van der Waals surface area contributed by atoms with Crippen LogP contribution in [0.2, 0.25) is 0 Å². The van der Waals surface area contributed by atoms with Crippen LogP contribution in [-0.4, -0.2) is 37.1 Å². The zero-order chi connectivity index (χ0) is 21.8. The molecule has 30 heavy (non-hydrogen) atoms. The van der Waals surface area contributed by atoms with Gasteiger partial charge in [-0.3, -0.25) is 9.59 Å². The first-order valence-corrected chi connectivity index (χ1v) is 10.1. The largest absolute Gasteiger partial charge is 0.459 e. The summed E-state index contributed by atoms with van der Waals surface area (Å²) in [4.78, 5) is 35.9. The Kier molecular flexibility index (Phi) is 9.58. The molecule has 0 spiro atoms. The molecule has 1 amide bonds. The van der Waals surface area contributed by atoms with Gasteiger partial charge in [0.2, 0.25) is 0 Å². The first-order valence-electron chi connectivity index (χ1n) is 10.1. The highest BCUT2D eigenvalue weighted by Gasteiger charge is 2.14. The van der Waals surface area contributed by atoms with Crippen LogP contribution in [0.15, 0.2) is 60.7 Å². The molecule has 0 bridgehead atoms. The maximum absolute atomic E-state index is 12.1. The summed E-state index contributed by atoms with van der Waals surface area (Å²) in [6.45, 7) is 3.87. The molecule has 0 radical (unpaired) electrons. The van der Waals surface area contributed by atoms with Crippen molar-refractivity contribution in [1.82, 2.24) is 5.32 Å². The van der Waals surface area contributed by atoms with Gasteiger partial charge in [0.25, 0.3) is 0 Å². The molecular weight excluding hydrogens is 382 g/mol. The van der Waals surface area contributed by atoms with Crippen LogP contribution in [0.25, 0.3) is 0 Å². The molecule has 2 atom stereocenters. The van der Waals surface area contributed by atoms with Crippen LogP contribution >= 0.6 is 0 Å². The van der Waals surface area contributed by atoms with E-state index < -0.39 is 12.2 Å². The Morgan fingerprint density at radius 1 is 0.867 bits per heavy atom. The molecule has 0 aromatic heterocycles. The topological polar surface area (TPSA) is 81.7 Å². The lowest BCUT2D eigenvalue weighted by atomic mass is 10.00. The molecule has 2 unspecified atom stereocenters. The van der Waals surface area contributed by atoms with Gasteiger partial charge in [-0.05, 0) is 24.0 Å². The van der Waals surface area contributed by atoms with Gasteiger partial charge in [-0.1, -0.05) is 67.6 Å². The summed E-state index contributed by atoms with van der Waals surface area (Å²) in [5.41, 5.74) is 1.85. The molecule has 0 saturated carbocycles. The Bertz CT molecular complexity index is 739. The van der Waals surface area contributed by atoms with Crippen molar-refractivity contribution >= 4 is 17.8 Å². The van der Waals surface area contributed by atoms with E-state index in [1.165, 1.54) is 0 Å². The number of alkyl carbamates (subject to hydrolysis) is 1. The lowest BCUT2D eigenvalue weighted by molar-refractivity contribution is -0.149. The summed E-state index contributed by atoms with van der Waals surface area (Å²) in [6, 6.07) is 18.9. The van der Waals surface area contributed by atoms with E-state index in [0.29, 0.717) is 19.4 Å². The number of carbonyl (C=O) groups excluding carboxylic acids is 3. The van der Waals surface area contributed by atoms with Crippen LogP contribution in [0.4, 0.5) is 4.79 Å². The second kappa shape index (κ2) is 12.4. The number of rotatable bonds is 11. The van der Waals surface area contributed by atoms with Crippen molar-refractivity contribution in [3.63, 3.8) is 0 Å². The Hall–Kier alpha value is -3.15. The minimum atomic E-state index is -0.594. The third-order valence-electron chi connectivity index (χ3n) is 4.39. The van der Waals surface area contributed by atoms with Crippen LogP contribution in [0.3, 0.4) is 0 Å². The van der Waals surface area contributed by atoms with E-state index in [2.05, 4.69) is 5.32 Å². The average Bonchev–Trinajstić information content (AvgIpc) is 2.72. The first-order chi connectivity index (χ1) is 14.4. The maximum atomic E-state index is 12.1. The zero-order valence-electron chi connectivity index (χ0n) is 17.5. The van der Waals surface area contributed by atoms with Gasteiger partial charge in [0.05, 0.1) is 6.42 Å². The number of Topliss-reactive ketones (excluding diaryl/α,β-unsaturated/α-hetero) is 1. The van der Waals surface area contributed by atoms with E-state index in [9.17, 15) is 14.4 Å². The van der Waals surface area contributed by atoms with Crippen LogP contribution in [-0.2, 0) is 31.9 Å². The van der Waals surface area contributed by atoms with E-state index in [0.717, 1.165) is 11.1 Å². The highest BCUT2D eigenvalue weighted by atomic mass is 16.6. The average molecular weight is 411 g/mol. The lowest BCUT2D eigenvalue weighted by Gasteiger charge is -2.15. The van der Waals surface area contributed by atoms with Crippen LogP contribution in [0, 0.1) is 5.92 Å². The van der Waals surface area contributed by atoms with Gasteiger partial charge in [0.1, 0.15) is 18.5 Å². The normalized spacial score (nSPS) is 12.5. The molecule has 0 aliphatic rings. The van der Waals surface area contributed by atoms with E-state index >= 15 is 0 Å². The molecule has 0 aliphatic carbocycles. The minimum Gasteiger partial charge on any atom is -0.459 e. The lowest BCUT2D eigenvalue weighted by Crippen LogP contribution is -2.32. The standard InChI is InChI=1S/C24H29NO5/c1-18(13-22(26)14-20-9-5-3-6-10-20)16-25-24(28)29-17-19(2)30-23(27)15-21-11-7-4-8-12-21/h3-12,18-19H,13-17H2,1-2H3,(H,25,28). The van der Waals surface area contributed by atoms with Gasteiger partial charge < -0.3 is 14.8 Å². The molecule has 2 rings (SSSR count). The molecule has 160 valence electrons. The number of amides is 1. The van der Waals surface area contributed by atoms with Crippen molar-refractivity contribution in [1.29, 1.82) is 0 Å². The smallest absolute Gasteiger partial charge is 0.407 e. The van der Waals surface area contributed by atoms with Crippen molar-refractivity contribution in [3.05, 3.63) is 71.8 Å². The third-order valence-corrected chi connectivity index (χ3v) is 4.39. The predicted octanol–water partition coefficient (Wildman–Crippen LogP) is 3.73. The SMILES string of the molecule is CC(CNC(=O)OCC(C)OC(=O)Cc1ccccc1)CC(=O)Cc1ccccc1. The summed E-state index contributed by atoms with van der Waals surface area (Å²) in [7, 11) is 0. The Labute approximate surface area is 177 Å². The summed E-state index contributed by atoms with van der Waals surface area (Å²) < 4.78 is 10.3. The summed E-state index contributed by atoms with van der Waals surface area (Å²) in [5.74, 6) is -0.249. The molecule has 6 heteroatoms. The Morgan fingerprint density at radius 2 is 1.43 bits per heavy atom. The third kappa shape index (κ3) is 9.37. The fourth-order valence-electron chi connectivity index (χ4n) is 2.92. The molecular formula is C24H29NO5. The number of benzene rings is 2. The Balaban J connectivity index is 1.59. The van der Waals surface area contributed by atoms with E-state index in [1.807, 2.05) is 67.6 Å². The van der Waals surface area contributed by atoms with E-state index in [-0.39, 0.29) is 30.7 Å². The van der Waals surface area contributed by atoms with Gasteiger partial charge in [0.15, 0.2) is 0 Å². The molecule has 2 aromatic carbocycles. The predicted molar refractivity (Wildman–Crippen MR) is 114 cm³/mol. The second-order valence-corrected chi connectivity index (χ2v) is 7.45. The van der Waals surface area contributed by atoms with Crippen LogP contribution in [0.1, 0.15) is 31.4 Å². The zero-order valence-corrected chi connectivity index (χ0v) is 17.5. The number of ether oxygens (including phenoxy) is 2. The van der Waals surface area contributed by atoms with Crippen LogP contribution < -0.4 is 5.32 Å². The van der Waals surface area contributed by atoms with Crippen LogP contribution in [0.5, 0.6) is 0 Å². The second-order valence-electron chi connectivity index (χ2n) is 7.45. The first kappa shape index (κ1) is 23.1. The summed E-state index contributed by atoms with van der Waals surface area (Å²) in [6.07, 6.45) is -0.198. The highest BCUT2D eigenvalue weighted by Crippen LogP contribution is 2.07. The molecule has 6 nitrogen and oxygen atoms in total. The van der Waals surface area contributed by atoms with Crippen molar-refractivity contribution < 1.29 is 23.9 Å². The number of hydrogen-bond donors (Lipinski definition) is 1. The van der Waals surface area contributed by atoms with Crippen molar-refractivity contribution in [2.45, 2.75) is 39.2 Å². The molecule has 2 aromatic rings. The van der Waals surface area contributed by atoms with Gasteiger partial charge in [-0.15, -0.1) is 0 Å². The van der Waals surface area contributed by atoms with Crippen molar-refractivity contribution in [2.75, 3.05) is 13.2 Å². The van der Waals surface area contributed by atoms with Gasteiger partial charge in [-0.25, -0.2) is 4.79 Å². The van der Waals surface area contributed by atoms with Gasteiger partial charge in [-0.2, -0.15) is 0 Å².